The first kappa shape index (κ1) is 13.9. The maximum absolute atomic E-state index is 11.9. The molecule has 1 heterocycles. The number of nitrogens with one attached hydrogen (secondary N) is 1. The molecule has 0 unspecified atom stereocenters. The first-order valence-electron chi connectivity index (χ1n) is 6.28. The fraction of sp³-hybridized carbons (Fsp3) is 0.200. The highest BCUT2D eigenvalue weighted by Gasteiger charge is 2.09. The molecule has 2 rings (SSSR count). The van der Waals surface area contributed by atoms with E-state index in [2.05, 4.69) is 4.98 Å². The van der Waals surface area contributed by atoms with E-state index < -0.39 is 11.5 Å². The van der Waals surface area contributed by atoms with Crippen LogP contribution in [0.25, 0.3) is 11.3 Å². The van der Waals surface area contributed by atoms with Crippen LogP contribution < -0.4 is 10.3 Å². The van der Waals surface area contributed by atoms with Crippen molar-refractivity contribution in [1.29, 1.82) is 0 Å². The Labute approximate surface area is 115 Å². The fourth-order valence-corrected chi connectivity index (χ4v) is 1.93. The number of hydrogen-bond acceptors (Lipinski definition) is 3. The van der Waals surface area contributed by atoms with E-state index in [9.17, 15) is 9.59 Å². The van der Waals surface area contributed by atoms with E-state index in [1.807, 2.05) is 31.2 Å². The van der Waals surface area contributed by atoms with Crippen LogP contribution in [0.1, 0.15) is 12.5 Å². The number of ether oxygens (including phenoxy) is 1. The van der Waals surface area contributed by atoms with Crippen molar-refractivity contribution in [1.82, 2.24) is 4.98 Å². The third-order valence-electron chi connectivity index (χ3n) is 2.81. The summed E-state index contributed by atoms with van der Waals surface area (Å²) in [6.07, 6.45) is -0.289. The summed E-state index contributed by atoms with van der Waals surface area (Å²) in [6.45, 7) is 2.41. The molecule has 0 aliphatic rings. The summed E-state index contributed by atoms with van der Waals surface area (Å²) in [5.74, 6) is -0.352. The number of carboxylic acids is 1. The number of pyridine rings is 1. The minimum Gasteiger partial charge on any atom is -0.493 e. The van der Waals surface area contributed by atoms with Gasteiger partial charge in [0.05, 0.1) is 18.7 Å². The second-order valence-electron chi connectivity index (χ2n) is 4.23. The Hall–Kier alpha value is -2.56. The number of H-pyrrole nitrogens is 1. The van der Waals surface area contributed by atoms with E-state index in [1.165, 1.54) is 6.07 Å². The number of carbonyl (C=O) groups is 1. The maximum atomic E-state index is 11.9. The van der Waals surface area contributed by atoms with Gasteiger partial charge in [-0.05, 0) is 25.1 Å². The van der Waals surface area contributed by atoms with E-state index in [1.54, 1.807) is 6.07 Å². The minimum atomic E-state index is -1.03. The van der Waals surface area contributed by atoms with Crippen molar-refractivity contribution in [3.05, 3.63) is 52.3 Å². The number of para-hydroxylation sites is 1. The summed E-state index contributed by atoms with van der Waals surface area (Å²) >= 11 is 0. The molecule has 0 atom stereocenters. The highest BCUT2D eigenvalue weighted by atomic mass is 16.5. The minimum absolute atomic E-state index is 0.232. The second-order valence-corrected chi connectivity index (χ2v) is 4.23. The summed E-state index contributed by atoms with van der Waals surface area (Å²) in [4.78, 5) is 25.2. The van der Waals surface area contributed by atoms with Gasteiger partial charge in [-0.25, -0.2) is 0 Å². The molecule has 1 aromatic heterocycles. The van der Waals surface area contributed by atoms with Gasteiger partial charge in [0.25, 0.3) is 5.56 Å². The number of hydrogen-bond donors (Lipinski definition) is 2. The Morgan fingerprint density at radius 2 is 2.00 bits per heavy atom. The van der Waals surface area contributed by atoms with Crippen LogP contribution >= 0.6 is 0 Å². The number of aromatic amines is 1. The molecule has 0 saturated heterocycles. The molecule has 1 aromatic carbocycles. The smallest absolute Gasteiger partial charge is 0.308 e. The number of rotatable bonds is 5. The third-order valence-corrected chi connectivity index (χ3v) is 2.81. The Morgan fingerprint density at radius 1 is 1.25 bits per heavy atom. The predicted octanol–water partition coefficient (Wildman–Crippen LogP) is 2.07. The first-order chi connectivity index (χ1) is 9.61. The molecule has 0 aliphatic heterocycles. The summed E-state index contributed by atoms with van der Waals surface area (Å²) in [5.41, 5.74) is 1.22. The molecule has 5 nitrogen and oxygen atoms in total. The number of aromatic nitrogens is 1. The van der Waals surface area contributed by atoms with Crippen LogP contribution in [0.15, 0.2) is 41.2 Å². The van der Waals surface area contributed by atoms with Crippen molar-refractivity contribution in [2.45, 2.75) is 13.3 Å². The lowest BCUT2D eigenvalue weighted by atomic mass is 10.1. The number of aliphatic carboxylic acids is 1. The van der Waals surface area contributed by atoms with Gasteiger partial charge in [0, 0.05) is 11.1 Å². The predicted molar refractivity (Wildman–Crippen MR) is 75.0 cm³/mol. The summed E-state index contributed by atoms with van der Waals surface area (Å²) in [6, 6.07) is 10.6. The molecule has 5 heteroatoms. The van der Waals surface area contributed by atoms with Gasteiger partial charge in [-0.3, -0.25) is 9.59 Å². The lowest BCUT2D eigenvalue weighted by Crippen LogP contribution is -2.16. The van der Waals surface area contributed by atoms with E-state index in [0.717, 1.165) is 5.56 Å². The SMILES string of the molecule is CCOc1ccccc1-c1ccc(CC(=O)O)c(=O)[nH]1. The Morgan fingerprint density at radius 3 is 2.65 bits per heavy atom. The monoisotopic (exact) mass is 273 g/mol. The summed E-state index contributed by atoms with van der Waals surface area (Å²) in [5, 5.41) is 8.72. The Balaban J connectivity index is 2.42. The van der Waals surface area contributed by atoms with Crippen LogP contribution in [0.3, 0.4) is 0 Å². The summed E-state index contributed by atoms with van der Waals surface area (Å²) in [7, 11) is 0. The van der Waals surface area contributed by atoms with E-state index in [0.29, 0.717) is 18.1 Å². The molecular formula is C15H15NO4. The van der Waals surface area contributed by atoms with Crippen LogP contribution in [0, 0.1) is 0 Å². The molecule has 2 N–H and O–H groups in total. The van der Waals surface area contributed by atoms with Crippen LogP contribution in [0.4, 0.5) is 0 Å². The lowest BCUT2D eigenvalue weighted by Gasteiger charge is -2.10. The van der Waals surface area contributed by atoms with Gasteiger partial charge in [-0.2, -0.15) is 0 Å². The third kappa shape index (κ3) is 3.06. The van der Waals surface area contributed by atoms with Crippen LogP contribution in [-0.4, -0.2) is 22.7 Å². The summed E-state index contributed by atoms with van der Waals surface area (Å²) < 4.78 is 5.51. The molecular weight excluding hydrogens is 258 g/mol. The van der Waals surface area contributed by atoms with Crippen molar-refractivity contribution in [3.8, 4) is 17.0 Å². The largest absolute Gasteiger partial charge is 0.493 e. The fourth-order valence-electron chi connectivity index (χ4n) is 1.93. The Bertz CT molecular complexity index is 676. The van der Waals surface area contributed by atoms with Crippen molar-refractivity contribution >= 4 is 5.97 Å². The molecule has 2 aromatic rings. The van der Waals surface area contributed by atoms with Crippen LogP contribution in [0.5, 0.6) is 5.75 Å². The number of carboxylic acid groups (broad SMARTS) is 1. The van der Waals surface area contributed by atoms with E-state index in [4.69, 9.17) is 9.84 Å². The van der Waals surface area contributed by atoms with E-state index in [-0.39, 0.29) is 12.0 Å². The average molecular weight is 273 g/mol. The quantitative estimate of drug-likeness (QED) is 0.874. The second kappa shape index (κ2) is 6.06. The van der Waals surface area contributed by atoms with Crippen molar-refractivity contribution < 1.29 is 14.6 Å². The van der Waals surface area contributed by atoms with Gasteiger partial charge >= 0.3 is 5.97 Å². The van der Waals surface area contributed by atoms with Gasteiger partial charge in [-0.15, -0.1) is 0 Å². The van der Waals surface area contributed by atoms with Crippen molar-refractivity contribution in [3.63, 3.8) is 0 Å². The molecule has 0 amide bonds. The zero-order valence-corrected chi connectivity index (χ0v) is 11.1. The van der Waals surface area contributed by atoms with E-state index >= 15 is 0 Å². The molecule has 0 bridgehead atoms. The highest BCUT2D eigenvalue weighted by molar-refractivity contribution is 5.71. The van der Waals surface area contributed by atoms with Gasteiger partial charge in [0.2, 0.25) is 0 Å². The standard InChI is InChI=1S/C15H15NO4/c1-2-20-13-6-4-3-5-11(13)12-8-7-10(9-14(17)18)15(19)16-12/h3-8H,2,9H2,1H3,(H,16,19)(H,17,18). The molecule has 104 valence electrons. The van der Waals surface area contributed by atoms with Crippen molar-refractivity contribution in [2.24, 2.45) is 0 Å². The molecule has 0 fully saturated rings. The molecule has 0 saturated carbocycles. The lowest BCUT2D eigenvalue weighted by molar-refractivity contribution is -0.136. The molecule has 0 spiro atoms. The molecule has 0 radical (unpaired) electrons. The topological polar surface area (TPSA) is 79.4 Å². The zero-order valence-electron chi connectivity index (χ0n) is 11.1. The van der Waals surface area contributed by atoms with Gasteiger partial charge < -0.3 is 14.8 Å². The maximum Gasteiger partial charge on any atom is 0.308 e. The van der Waals surface area contributed by atoms with Gasteiger partial charge in [-0.1, -0.05) is 18.2 Å². The van der Waals surface area contributed by atoms with Crippen LogP contribution in [-0.2, 0) is 11.2 Å². The molecule has 0 aliphatic carbocycles. The first-order valence-corrected chi connectivity index (χ1v) is 6.28. The van der Waals surface area contributed by atoms with Gasteiger partial charge in [0.1, 0.15) is 5.75 Å². The number of benzene rings is 1. The zero-order chi connectivity index (χ0) is 14.5. The normalized spacial score (nSPS) is 10.2. The van der Waals surface area contributed by atoms with Gasteiger partial charge in [0.15, 0.2) is 0 Å². The molecule has 20 heavy (non-hydrogen) atoms. The highest BCUT2D eigenvalue weighted by Crippen LogP contribution is 2.27. The van der Waals surface area contributed by atoms with Crippen LogP contribution in [0.2, 0.25) is 0 Å². The van der Waals surface area contributed by atoms with Crippen molar-refractivity contribution in [2.75, 3.05) is 6.61 Å². The Kier molecular flexibility index (Phi) is 4.20. The average Bonchev–Trinajstić information content (AvgIpc) is 2.42.